The van der Waals surface area contributed by atoms with Gasteiger partial charge in [0.2, 0.25) is 0 Å². The maximum atomic E-state index is 11.8. The largest absolute Gasteiger partial charge is 0.383 e. The van der Waals surface area contributed by atoms with Gasteiger partial charge in [-0.05, 0) is 34.5 Å². The van der Waals surface area contributed by atoms with Gasteiger partial charge in [-0.15, -0.1) is 0 Å². The van der Waals surface area contributed by atoms with Gasteiger partial charge in [-0.3, -0.25) is 4.79 Å². The van der Waals surface area contributed by atoms with Gasteiger partial charge in [-0.2, -0.15) is 0 Å². The number of ether oxygens (including phenoxy) is 1. The molecule has 1 aromatic heterocycles. The Bertz CT molecular complexity index is 340. The minimum absolute atomic E-state index is 0.0305. The van der Waals surface area contributed by atoms with Crippen molar-refractivity contribution in [2.24, 2.45) is 0 Å². The van der Waals surface area contributed by atoms with E-state index in [1.54, 1.807) is 25.4 Å². The number of pyridine rings is 1. The highest BCUT2D eigenvalue weighted by molar-refractivity contribution is 9.10. The van der Waals surface area contributed by atoms with Crippen LogP contribution in [0.3, 0.4) is 0 Å². The van der Waals surface area contributed by atoms with Crippen molar-refractivity contribution in [1.29, 1.82) is 0 Å². The van der Waals surface area contributed by atoms with E-state index in [0.717, 1.165) is 10.9 Å². The third kappa shape index (κ3) is 3.90. The van der Waals surface area contributed by atoms with Crippen LogP contribution in [-0.2, 0) is 4.74 Å². The molecule has 0 spiro atoms. The number of amides is 1. The highest BCUT2D eigenvalue weighted by Crippen LogP contribution is 2.07. The van der Waals surface area contributed by atoms with Gasteiger partial charge in [0, 0.05) is 17.8 Å². The van der Waals surface area contributed by atoms with E-state index >= 15 is 0 Å². The first-order valence-electron chi connectivity index (χ1n) is 5.08. The Morgan fingerprint density at radius 2 is 2.38 bits per heavy atom. The number of hydrogen-bond acceptors (Lipinski definition) is 3. The molecule has 0 aromatic carbocycles. The van der Waals surface area contributed by atoms with E-state index in [1.807, 2.05) is 6.92 Å². The van der Waals surface area contributed by atoms with Crippen LogP contribution in [0.15, 0.2) is 22.8 Å². The molecule has 1 amide bonds. The van der Waals surface area contributed by atoms with Crippen molar-refractivity contribution in [2.45, 2.75) is 19.4 Å². The average Bonchev–Trinajstić information content (AvgIpc) is 2.29. The Balaban J connectivity index is 2.60. The van der Waals surface area contributed by atoms with Crippen molar-refractivity contribution in [2.75, 3.05) is 13.7 Å². The van der Waals surface area contributed by atoms with Crippen molar-refractivity contribution in [3.8, 4) is 0 Å². The highest BCUT2D eigenvalue weighted by Gasteiger charge is 2.12. The standard InChI is InChI=1S/C11H15BrN2O2/c1-3-9(7-16-2)14-11(15)10-5-4-8(12)6-13-10/h4-6,9H,3,7H2,1-2H3,(H,14,15). The molecule has 0 fully saturated rings. The molecule has 0 aliphatic rings. The Labute approximate surface area is 104 Å². The fourth-order valence-electron chi connectivity index (χ4n) is 1.23. The second kappa shape index (κ2) is 6.60. The molecule has 5 heteroatoms. The fraction of sp³-hybridized carbons (Fsp3) is 0.455. The Kier molecular flexibility index (Phi) is 5.42. The third-order valence-electron chi connectivity index (χ3n) is 2.16. The number of nitrogens with one attached hydrogen (secondary N) is 1. The van der Waals surface area contributed by atoms with Gasteiger partial charge in [-0.1, -0.05) is 6.92 Å². The minimum Gasteiger partial charge on any atom is -0.383 e. The monoisotopic (exact) mass is 286 g/mol. The Morgan fingerprint density at radius 3 is 2.88 bits per heavy atom. The van der Waals surface area contributed by atoms with Gasteiger partial charge in [0.25, 0.3) is 5.91 Å². The first kappa shape index (κ1) is 13.1. The summed E-state index contributed by atoms with van der Waals surface area (Å²) in [6.45, 7) is 2.51. The number of methoxy groups -OCH3 is 1. The number of aromatic nitrogens is 1. The lowest BCUT2D eigenvalue weighted by Crippen LogP contribution is -2.37. The third-order valence-corrected chi connectivity index (χ3v) is 2.62. The number of carbonyl (C=O) groups is 1. The van der Waals surface area contributed by atoms with Gasteiger partial charge < -0.3 is 10.1 Å². The zero-order valence-electron chi connectivity index (χ0n) is 9.37. The van der Waals surface area contributed by atoms with Crippen LogP contribution in [0.4, 0.5) is 0 Å². The molecule has 0 aliphatic carbocycles. The molecule has 4 nitrogen and oxygen atoms in total. The molecule has 16 heavy (non-hydrogen) atoms. The van der Waals surface area contributed by atoms with E-state index in [0.29, 0.717) is 12.3 Å². The molecule has 1 aromatic rings. The van der Waals surface area contributed by atoms with Crippen molar-refractivity contribution >= 4 is 21.8 Å². The maximum absolute atomic E-state index is 11.8. The summed E-state index contributed by atoms with van der Waals surface area (Å²) in [5.41, 5.74) is 0.415. The average molecular weight is 287 g/mol. The number of carbonyl (C=O) groups excluding carboxylic acids is 1. The molecule has 1 N–H and O–H groups in total. The molecule has 1 atom stereocenters. The fourth-order valence-corrected chi connectivity index (χ4v) is 1.47. The lowest BCUT2D eigenvalue weighted by atomic mass is 10.2. The number of nitrogens with zero attached hydrogens (tertiary/aromatic N) is 1. The number of hydrogen-bond donors (Lipinski definition) is 1. The van der Waals surface area contributed by atoms with Gasteiger partial charge in [0.1, 0.15) is 5.69 Å². The van der Waals surface area contributed by atoms with Crippen molar-refractivity contribution in [1.82, 2.24) is 10.3 Å². The van der Waals surface area contributed by atoms with E-state index in [1.165, 1.54) is 0 Å². The minimum atomic E-state index is -0.170. The van der Waals surface area contributed by atoms with E-state index in [9.17, 15) is 4.79 Å². The Morgan fingerprint density at radius 1 is 1.62 bits per heavy atom. The highest BCUT2D eigenvalue weighted by atomic mass is 79.9. The molecule has 1 rings (SSSR count). The summed E-state index contributed by atoms with van der Waals surface area (Å²) in [5, 5.41) is 2.86. The van der Waals surface area contributed by atoms with Crippen LogP contribution in [0.5, 0.6) is 0 Å². The molecule has 0 saturated carbocycles. The predicted molar refractivity (Wildman–Crippen MR) is 65.4 cm³/mol. The molecule has 0 bridgehead atoms. The van der Waals surface area contributed by atoms with Crippen LogP contribution in [0, 0.1) is 0 Å². The molecular formula is C11H15BrN2O2. The molecular weight excluding hydrogens is 272 g/mol. The second-order valence-electron chi connectivity index (χ2n) is 3.40. The van der Waals surface area contributed by atoms with Crippen molar-refractivity contribution in [3.05, 3.63) is 28.5 Å². The van der Waals surface area contributed by atoms with Crippen molar-refractivity contribution in [3.63, 3.8) is 0 Å². The summed E-state index contributed by atoms with van der Waals surface area (Å²) in [6, 6.07) is 3.50. The summed E-state index contributed by atoms with van der Waals surface area (Å²) in [5.74, 6) is -0.170. The summed E-state index contributed by atoms with van der Waals surface area (Å²) >= 11 is 3.27. The molecule has 88 valence electrons. The summed E-state index contributed by atoms with van der Waals surface area (Å²) in [7, 11) is 1.62. The number of halogens is 1. The Hall–Kier alpha value is -0.940. The van der Waals surface area contributed by atoms with Crippen LogP contribution in [-0.4, -0.2) is 30.6 Å². The van der Waals surface area contributed by atoms with Crippen LogP contribution < -0.4 is 5.32 Å². The normalized spacial score (nSPS) is 12.2. The smallest absolute Gasteiger partial charge is 0.270 e. The van der Waals surface area contributed by atoms with Crippen LogP contribution in [0.25, 0.3) is 0 Å². The molecule has 1 unspecified atom stereocenters. The molecule has 1 heterocycles. The summed E-state index contributed by atoms with van der Waals surface area (Å²) in [4.78, 5) is 15.8. The van der Waals surface area contributed by atoms with E-state index in [2.05, 4.69) is 26.2 Å². The zero-order valence-corrected chi connectivity index (χ0v) is 11.0. The van der Waals surface area contributed by atoms with Gasteiger partial charge >= 0.3 is 0 Å². The van der Waals surface area contributed by atoms with Crippen LogP contribution in [0.1, 0.15) is 23.8 Å². The van der Waals surface area contributed by atoms with Crippen molar-refractivity contribution < 1.29 is 9.53 Å². The molecule has 0 saturated heterocycles. The van der Waals surface area contributed by atoms with E-state index in [4.69, 9.17) is 4.74 Å². The van der Waals surface area contributed by atoms with Gasteiger partial charge in [0.05, 0.1) is 12.6 Å². The van der Waals surface area contributed by atoms with Crippen LogP contribution >= 0.6 is 15.9 Å². The predicted octanol–water partition coefficient (Wildman–Crippen LogP) is 2.00. The number of rotatable bonds is 5. The maximum Gasteiger partial charge on any atom is 0.270 e. The lowest BCUT2D eigenvalue weighted by Gasteiger charge is -2.15. The van der Waals surface area contributed by atoms with E-state index < -0.39 is 0 Å². The quantitative estimate of drug-likeness (QED) is 0.901. The first-order valence-corrected chi connectivity index (χ1v) is 5.88. The van der Waals surface area contributed by atoms with Gasteiger partial charge in [0.15, 0.2) is 0 Å². The topological polar surface area (TPSA) is 51.2 Å². The van der Waals surface area contributed by atoms with Gasteiger partial charge in [-0.25, -0.2) is 4.98 Å². The van der Waals surface area contributed by atoms with E-state index in [-0.39, 0.29) is 11.9 Å². The second-order valence-corrected chi connectivity index (χ2v) is 4.31. The van der Waals surface area contributed by atoms with Crippen LogP contribution in [0.2, 0.25) is 0 Å². The zero-order chi connectivity index (χ0) is 12.0. The molecule has 0 aliphatic heterocycles. The SMILES string of the molecule is CCC(COC)NC(=O)c1ccc(Br)cn1. The first-order chi connectivity index (χ1) is 7.67. The summed E-state index contributed by atoms with van der Waals surface area (Å²) < 4.78 is 5.86. The lowest BCUT2D eigenvalue weighted by molar-refractivity contribution is 0.0889. The summed E-state index contributed by atoms with van der Waals surface area (Å²) in [6.07, 6.45) is 2.43. The molecule has 0 radical (unpaired) electrons.